The summed E-state index contributed by atoms with van der Waals surface area (Å²) < 4.78 is 1.62. The standard InChI is InChI=1S/C27H35ClN5O2/c1-27(33(4)24-12-11-20(28)19-22(24)30-26(33)35)13-17-31(2,18-14-27)15-7-8-16-32(3)23-10-6-5-9-21(23)29-25(32)34/h5-6,9-12,19H,7-8,13-18H2,1-4H3/q+1/p+2. The summed E-state index contributed by atoms with van der Waals surface area (Å²) in [5, 5.41) is 6.73. The van der Waals surface area contributed by atoms with E-state index in [0.29, 0.717) is 9.51 Å². The van der Waals surface area contributed by atoms with Crippen LogP contribution in [0, 0.1) is 0 Å². The average molecular weight is 499 g/mol. The summed E-state index contributed by atoms with van der Waals surface area (Å²) in [6.07, 6.45) is 4.01. The van der Waals surface area contributed by atoms with Crippen molar-refractivity contribution in [2.24, 2.45) is 0 Å². The highest BCUT2D eigenvalue weighted by atomic mass is 35.5. The number of rotatable bonds is 6. The zero-order chi connectivity index (χ0) is 25.1. The highest BCUT2D eigenvalue weighted by Gasteiger charge is 2.59. The number of carbonyl (C=O) groups is 2. The van der Waals surface area contributed by atoms with Crippen LogP contribution in [0.15, 0.2) is 42.5 Å². The molecule has 186 valence electrons. The van der Waals surface area contributed by atoms with Gasteiger partial charge in [0.1, 0.15) is 16.9 Å². The lowest BCUT2D eigenvalue weighted by Gasteiger charge is -2.50. The first-order valence-electron chi connectivity index (χ1n) is 12.6. The molecule has 3 heterocycles. The third kappa shape index (κ3) is 3.76. The number of halogens is 1. The van der Waals surface area contributed by atoms with Crippen molar-refractivity contribution >= 4 is 46.4 Å². The minimum absolute atomic E-state index is 0.0296. The molecule has 0 aromatic heterocycles. The van der Waals surface area contributed by atoms with Crippen molar-refractivity contribution in [2.45, 2.75) is 38.1 Å². The van der Waals surface area contributed by atoms with E-state index in [-0.39, 0.29) is 22.1 Å². The van der Waals surface area contributed by atoms with Gasteiger partial charge in [0.25, 0.3) is 0 Å². The van der Waals surface area contributed by atoms with Crippen molar-refractivity contribution in [3.05, 3.63) is 47.5 Å². The summed E-state index contributed by atoms with van der Waals surface area (Å²) in [6.45, 7) is 6.22. The summed E-state index contributed by atoms with van der Waals surface area (Å²) in [6, 6.07) is 13.8. The minimum atomic E-state index is -0.170. The fraction of sp³-hybridized carbons (Fsp3) is 0.481. The Hall–Kier alpha value is -2.45. The largest absolute Gasteiger partial charge is 0.426 e. The average Bonchev–Trinajstić information content (AvgIpc) is 3.24. The van der Waals surface area contributed by atoms with E-state index in [1.165, 1.54) is 0 Å². The minimum Gasteiger partial charge on any atom is -0.326 e. The van der Waals surface area contributed by atoms with Crippen molar-refractivity contribution in [2.75, 3.05) is 58.0 Å². The van der Waals surface area contributed by atoms with Crippen LogP contribution in [-0.2, 0) is 0 Å². The zero-order valence-corrected chi connectivity index (χ0v) is 22.0. The van der Waals surface area contributed by atoms with Gasteiger partial charge in [0.05, 0.1) is 60.2 Å². The lowest BCUT2D eigenvalue weighted by Crippen LogP contribution is -2.69. The molecule has 1 fully saturated rings. The van der Waals surface area contributed by atoms with Crippen molar-refractivity contribution in [1.29, 1.82) is 0 Å². The highest BCUT2D eigenvalue weighted by molar-refractivity contribution is 6.31. The van der Waals surface area contributed by atoms with Gasteiger partial charge < -0.3 is 4.48 Å². The van der Waals surface area contributed by atoms with E-state index < -0.39 is 0 Å². The van der Waals surface area contributed by atoms with Crippen LogP contribution in [0.5, 0.6) is 0 Å². The molecule has 2 aromatic rings. The summed E-state index contributed by atoms with van der Waals surface area (Å²) in [4.78, 5) is 25.9. The molecular weight excluding hydrogens is 462 g/mol. The van der Waals surface area contributed by atoms with Crippen LogP contribution in [0.3, 0.4) is 0 Å². The maximum absolute atomic E-state index is 13.2. The topological polar surface area (TPSA) is 58.2 Å². The number of carbonyl (C=O) groups excluding carboxylic acids is 2. The third-order valence-electron chi connectivity index (χ3n) is 9.23. The second kappa shape index (κ2) is 8.30. The molecule has 4 amide bonds. The first-order valence-corrected chi connectivity index (χ1v) is 13.0. The fourth-order valence-corrected chi connectivity index (χ4v) is 6.47. The van der Waals surface area contributed by atoms with Gasteiger partial charge in [-0.05, 0) is 25.1 Å². The number of para-hydroxylation sites is 2. The number of quaternary nitrogens is 3. The smallest absolute Gasteiger partial charge is 0.326 e. The molecule has 2 N–H and O–H groups in total. The van der Waals surface area contributed by atoms with Crippen LogP contribution in [0.25, 0.3) is 0 Å². The van der Waals surface area contributed by atoms with E-state index in [4.69, 9.17) is 11.6 Å². The molecule has 7 nitrogen and oxygen atoms in total. The van der Waals surface area contributed by atoms with Crippen LogP contribution in [-0.4, -0.2) is 69.4 Å². The molecule has 0 aliphatic carbocycles. The first-order chi connectivity index (χ1) is 16.5. The second-order valence-electron chi connectivity index (χ2n) is 11.5. The number of fused-ring (bicyclic) bond motifs is 2. The molecule has 3 aliphatic heterocycles. The van der Waals surface area contributed by atoms with E-state index in [9.17, 15) is 9.59 Å². The van der Waals surface area contributed by atoms with Crippen LogP contribution in [0.2, 0.25) is 5.02 Å². The lowest BCUT2D eigenvalue weighted by molar-refractivity contribution is -0.915. The number of benzene rings is 2. The Kier molecular flexibility index (Phi) is 5.75. The maximum atomic E-state index is 13.2. The molecule has 0 radical (unpaired) electrons. The highest BCUT2D eigenvalue weighted by Crippen LogP contribution is 2.48. The van der Waals surface area contributed by atoms with Gasteiger partial charge in [-0.2, -0.15) is 0 Å². The number of likely N-dealkylation sites (tertiary alicyclic amines) is 1. The predicted octanol–water partition coefficient (Wildman–Crippen LogP) is 5.78. The Labute approximate surface area is 213 Å². The quantitative estimate of drug-likeness (QED) is 0.391. The van der Waals surface area contributed by atoms with E-state index in [0.717, 1.165) is 79.1 Å². The number of hydrogen-bond acceptors (Lipinski definition) is 2. The van der Waals surface area contributed by atoms with E-state index in [1.807, 2.05) is 50.5 Å². The molecule has 2 aromatic carbocycles. The summed E-state index contributed by atoms with van der Waals surface area (Å²) in [5.41, 5.74) is 3.67. The Morgan fingerprint density at radius 2 is 1.51 bits per heavy atom. The van der Waals surface area contributed by atoms with Crippen molar-refractivity contribution in [1.82, 2.24) is 8.97 Å². The predicted molar refractivity (Wildman–Crippen MR) is 144 cm³/mol. The van der Waals surface area contributed by atoms with Crippen LogP contribution in [0.1, 0.15) is 32.6 Å². The molecule has 2 atom stereocenters. The number of urea groups is 2. The monoisotopic (exact) mass is 498 g/mol. The first kappa shape index (κ1) is 24.3. The molecule has 1 saturated heterocycles. The van der Waals surface area contributed by atoms with Crippen LogP contribution >= 0.6 is 11.6 Å². The number of hydrogen-bond donors (Lipinski definition) is 2. The number of amides is 4. The van der Waals surface area contributed by atoms with Crippen molar-refractivity contribution < 1.29 is 14.1 Å². The van der Waals surface area contributed by atoms with Gasteiger partial charge in [-0.3, -0.25) is 10.6 Å². The van der Waals surface area contributed by atoms with Crippen molar-refractivity contribution in [3.8, 4) is 0 Å². The summed E-state index contributed by atoms with van der Waals surface area (Å²) in [7, 11) is 6.40. The van der Waals surface area contributed by atoms with Gasteiger partial charge in [-0.25, -0.2) is 18.6 Å². The van der Waals surface area contributed by atoms with Gasteiger partial charge in [0, 0.05) is 30.0 Å². The van der Waals surface area contributed by atoms with Crippen LogP contribution in [0.4, 0.5) is 32.3 Å². The molecule has 0 bridgehead atoms. The molecule has 0 saturated carbocycles. The number of anilines is 2. The number of nitrogens with one attached hydrogen (secondary N) is 2. The van der Waals surface area contributed by atoms with Gasteiger partial charge in [-0.15, -0.1) is 0 Å². The normalized spacial score (nSPS) is 33.7. The van der Waals surface area contributed by atoms with E-state index in [2.05, 4.69) is 30.7 Å². The molecule has 5 rings (SSSR count). The molecular formula is C27H37ClN5O2+3. The third-order valence-corrected chi connectivity index (χ3v) is 9.46. The number of piperidine rings is 1. The van der Waals surface area contributed by atoms with Crippen molar-refractivity contribution in [3.63, 3.8) is 0 Å². The Balaban J connectivity index is 1.21. The van der Waals surface area contributed by atoms with Gasteiger partial charge in [0.15, 0.2) is 11.4 Å². The Morgan fingerprint density at radius 3 is 2.26 bits per heavy atom. The SMILES string of the molecule is CC1([N+]2(C)C(=O)Nc3cc(Cl)ccc32)CC[N+](C)(CCCC[N+]2(C)C(=O)Nc3ccccc32)CC1. The number of unbranched alkanes of at least 4 members (excludes halogenated alkanes) is 1. The molecule has 2 unspecified atom stereocenters. The molecule has 35 heavy (non-hydrogen) atoms. The van der Waals surface area contributed by atoms with E-state index in [1.54, 1.807) is 0 Å². The Bertz CT molecular complexity index is 1190. The lowest BCUT2D eigenvalue weighted by atomic mass is 9.84. The molecule has 3 aliphatic rings. The van der Waals surface area contributed by atoms with Crippen LogP contribution < -0.4 is 19.6 Å². The Morgan fingerprint density at radius 1 is 0.857 bits per heavy atom. The van der Waals surface area contributed by atoms with Gasteiger partial charge in [-0.1, -0.05) is 23.7 Å². The van der Waals surface area contributed by atoms with Gasteiger partial charge >= 0.3 is 12.1 Å². The van der Waals surface area contributed by atoms with Gasteiger partial charge in [0.2, 0.25) is 0 Å². The summed E-state index contributed by atoms with van der Waals surface area (Å²) in [5.74, 6) is 0. The maximum Gasteiger partial charge on any atom is 0.426 e. The van der Waals surface area contributed by atoms with E-state index >= 15 is 0 Å². The second-order valence-corrected chi connectivity index (χ2v) is 11.9. The summed E-state index contributed by atoms with van der Waals surface area (Å²) >= 11 is 6.18. The molecule has 8 heteroatoms. The zero-order valence-electron chi connectivity index (χ0n) is 21.2. The fourth-order valence-electron chi connectivity index (χ4n) is 6.30. The molecule has 0 spiro atoms. The number of nitrogens with zero attached hydrogens (tertiary/aromatic N) is 3.